The van der Waals surface area contributed by atoms with Crippen LogP contribution in [-0.2, 0) is 4.74 Å². The molecule has 0 aromatic heterocycles. The first kappa shape index (κ1) is 18.3. The van der Waals surface area contributed by atoms with Gasteiger partial charge >= 0.3 is 6.03 Å². The third kappa shape index (κ3) is 5.53. The third-order valence-electron chi connectivity index (χ3n) is 3.45. The normalized spacial score (nSPS) is 13.1. The number of amides is 2. The number of urea groups is 1. The Morgan fingerprint density at radius 2 is 1.88 bits per heavy atom. The minimum atomic E-state index is -0.748. The molecule has 0 heterocycles. The number of methoxy groups -OCH3 is 1. The molecule has 2 amide bonds. The maximum absolute atomic E-state index is 12.2. The van der Waals surface area contributed by atoms with Gasteiger partial charge in [0.25, 0.3) is 0 Å². The van der Waals surface area contributed by atoms with Gasteiger partial charge in [0.05, 0.1) is 18.8 Å². The second-order valence-corrected chi connectivity index (χ2v) is 5.80. The summed E-state index contributed by atoms with van der Waals surface area (Å²) in [6, 6.07) is 16.2. The average molecular weight is 349 g/mol. The Kier molecular flexibility index (Phi) is 7.06. The van der Waals surface area contributed by atoms with E-state index in [9.17, 15) is 9.90 Å². The smallest absolute Gasteiger partial charge is 0.315 e. The SMILES string of the molecule is COC[C@H](O)CNC(=O)NC(c1ccccc1)c1cccc(Cl)c1. The molecule has 128 valence electrons. The number of halogens is 1. The summed E-state index contributed by atoms with van der Waals surface area (Å²) in [5, 5.41) is 15.8. The summed E-state index contributed by atoms with van der Waals surface area (Å²) in [7, 11) is 1.49. The van der Waals surface area contributed by atoms with Crippen molar-refractivity contribution in [2.45, 2.75) is 12.1 Å². The molecule has 0 aliphatic rings. The lowest BCUT2D eigenvalue weighted by molar-refractivity contribution is 0.0659. The molecule has 2 aromatic rings. The van der Waals surface area contributed by atoms with E-state index >= 15 is 0 Å². The van der Waals surface area contributed by atoms with Crippen LogP contribution in [0.15, 0.2) is 54.6 Å². The highest BCUT2D eigenvalue weighted by molar-refractivity contribution is 6.30. The third-order valence-corrected chi connectivity index (χ3v) is 3.68. The summed E-state index contributed by atoms with van der Waals surface area (Å²) in [4.78, 5) is 12.2. The summed E-state index contributed by atoms with van der Waals surface area (Å²) < 4.78 is 4.83. The van der Waals surface area contributed by atoms with Crippen molar-refractivity contribution in [3.05, 3.63) is 70.7 Å². The van der Waals surface area contributed by atoms with Crippen LogP contribution in [0.4, 0.5) is 4.79 Å². The summed E-state index contributed by atoms with van der Waals surface area (Å²) >= 11 is 6.08. The Balaban J connectivity index is 2.11. The number of aliphatic hydroxyl groups is 1. The molecule has 3 N–H and O–H groups in total. The van der Waals surface area contributed by atoms with E-state index in [0.29, 0.717) is 5.02 Å². The van der Waals surface area contributed by atoms with Gasteiger partial charge in [0, 0.05) is 18.7 Å². The molecule has 0 saturated heterocycles. The number of carbonyl (C=O) groups excluding carboxylic acids is 1. The largest absolute Gasteiger partial charge is 0.389 e. The first-order valence-electron chi connectivity index (χ1n) is 7.62. The molecule has 2 rings (SSSR count). The van der Waals surface area contributed by atoms with Gasteiger partial charge in [0.2, 0.25) is 0 Å². The topological polar surface area (TPSA) is 70.6 Å². The molecule has 2 atom stereocenters. The second-order valence-electron chi connectivity index (χ2n) is 5.36. The molecule has 6 heteroatoms. The zero-order valence-corrected chi connectivity index (χ0v) is 14.2. The fraction of sp³-hybridized carbons (Fsp3) is 0.278. The standard InChI is InChI=1S/C18H21ClN2O3/c1-24-12-16(22)11-20-18(23)21-17(13-6-3-2-4-7-13)14-8-5-9-15(19)10-14/h2-10,16-17,22H,11-12H2,1H3,(H2,20,21,23)/t16-,17?/m1/s1. The number of aliphatic hydroxyl groups excluding tert-OH is 1. The van der Waals surface area contributed by atoms with Crippen LogP contribution in [0.3, 0.4) is 0 Å². The fourth-order valence-electron chi connectivity index (χ4n) is 2.33. The van der Waals surface area contributed by atoms with Gasteiger partial charge in [-0.1, -0.05) is 54.1 Å². The van der Waals surface area contributed by atoms with E-state index < -0.39 is 6.10 Å². The van der Waals surface area contributed by atoms with Crippen LogP contribution in [0.25, 0.3) is 0 Å². The van der Waals surface area contributed by atoms with Gasteiger partial charge in [-0.15, -0.1) is 0 Å². The number of nitrogens with one attached hydrogen (secondary N) is 2. The fourth-order valence-corrected chi connectivity index (χ4v) is 2.53. The maximum Gasteiger partial charge on any atom is 0.315 e. The van der Waals surface area contributed by atoms with Crippen molar-refractivity contribution < 1.29 is 14.6 Å². The summed E-state index contributed by atoms with van der Waals surface area (Å²) in [5.74, 6) is 0. The molecule has 24 heavy (non-hydrogen) atoms. The number of rotatable bonds is 7. The van der Waals surface area contributed by atoms with Crippen molar-refractivity contribution in [1.82, 2.24) is 10.6 Å². The Bertz CT molecular complexity index is 652. The lowest BCUT2D eigenvalue weighted by atomic mass is 9.99. The van der Waals surface area contributed by atoms with E-state index in [2.05, 4.69) is 10.6 Å². The van der Waals surface area contributed by atoms with Crippen molar-refractivity contribution in [3.63, 3.8) is 0 Å². The van der Waals surface area contributed by atoms with Gasteiger partial charge in [-0.3, -0.25) is 0 Å². The molecule has 0 radical (unpaired) electrons. The molecule has 1 unspecified atom stereocenters. The molecular formula is C18H21ClN2O3. The van der Waals surface area contributed by atoms with Gasteiger partial charge < -0.3 is 20.5 Å². The Labute approximate surface area is 146 Å². The van der Waals surface area contributed by atoms with Gasteiger partial charge in [0.1, 0.15) is 0 Å². The van der Waals surface area contributed by atoms with Gasteiger partial charge in [-0.05, 0) is 23.3 Å². The maximum atomic E-state index is 12.2. The molecule has 0 fully saturated rings. The Morgan fingerprint density at radius 1 is 1.17 bits per heavy atom. The Morgan fingerprint density at radius 3 is 2.54 bits per heavy atom. The quantitative estimate of drug-likeness (QED) is 0.720. The molecular weight excluding hydrogens is 328 g/mol. The van der Waals surface area contributed by atoms with Gasteiger partial charge in [-0.25, -0.2) is 4.79 Å². The number of ether oxygens (including phenoxy) is 1. The predicted molar refractivity (Wildman–Crippen MR) is 94.2 cm³/mol. The highest BCUT2D eigenvalue weighted by atomic mass is 35.5. The first-order chi connectivity index (χ1) is 11.6. The minimum absolute atomic E-state index is 0.108. The van der Waals surface area contributed by atoms with E-state index in [1.54, 1.807) is 6.07 Å². The van der Waals surface area contributed by atoms with Crippen molar-refractivity contribution in [2.75, 3.05) is 20.3 Å². The molecule has 0 spiro atoms. The van der Waals surface area contributed by atoms with Crippen LogP contribution in [0, 0.1) is 0 Å². The number of benzene rings is 2. The zero-order valence-electron chi connectivity index (χ0n) is 13.4. The minimum Gasteiger partial charge on any atom is -0.389 e. The molecule has 0 aliphatic carbocycles. The molecule has 0 bridgehead atoms. The van der Waals surface area contributed by atoms with Crippen LogP contribution < -0.4 is 10.6 Å². The van der Waals surface area contributed by atoms with E-state index in [4.69, 9.17) is 16.3 Å². The highest BCUT2D eigenvalue weighted by Crippen LogP contribution is 2.24. The van der Waals surface area contributed by atoms with E-state index in [1.807, 2.05) is 48.5 Å². The van der Waals surface area contributed by atoms with Crippen LogP contribution in [0.2, 0.25) is 5.02 Å². The first-order valence-corrected chi connectivity index (χ1v) is 7.99. The molecule has 0 saturated carbocycles. The van der Waals surface area contributed by atoms with Crippen LogP contribution in [-0.4, -0.2) is 37.5 Å². The van der Waals surface area contributed by atoms with Crippen molar-refractivity contribution in [2.24, 2.45) is 0 Å². The van der Waals surface area contributed by atoms with Crippen LogP contribution >= 0.6 is 11.6 Å². The molecule has 5 nitrogen and oxygen atoms in total. The lowest BCUT2D eigenvalue weighted by Gasteiger charge is -2.21. The lowest BCUT2D eigenvalue weighted by Crippen LogP contribution is -2.42. The van der Waals surface area contributed by atoms with E-state index in [1.165, 1.54) is 7.11 Å². The molecule has 2 aromatic carbocycles. The van der Waals surface area contributed by atoms with Crippen molar-refractivity contribution in [1.29, 1.82) is 0 Å². The summed E-state index contributed by atoms with van der Waals surface area (Å²) in [6.07, 6.45) is -0.748. The average Bonchev–Trinajstić information content (AvgIpc) is 2.59. The monoisotopic (exact) mass is 348 g/mol. The second kappa shape index (κ2) is 9.27. The zero-order chi connectivity index (χ0) is 17.4. The van der Waals surface area contributed by atoms with E-state index in [-0.39, 0.29) is 25.2 Å². The molecule has 0 aliphatic heterocycles. The van der Waals surface area contributed by atoms with E-state index in [0.717, 1.165) is 11.1 Å². The summed E-state index contributed by atoms with van der Waals surface area (Å²) in [5.41, 5.74) is 1.81. The van der Waals surface area contributed by atoms with Gasteiger partial charge in [-0.2, -0.15) is 0 Å². The number of hydrogen-bond donors (Lipinski definition) is 3. The van der Waals surface area contributed by atoms with Crippen LogP contribution in [0.1, 0.15) is 17.2 Å². The number of carbonyl (C=O) groups is 1. The van der Waals surface area contributed by atoms with Gasteiger partial charge in [0.15, 0.2) is 0 Å². The van der Waals surface area contributed by atoms with Crippen LogP contribution in [0.5, 0.6) is 0 Å². The highest BCUT2D eigenvalue weighted by Gasteiger charge is 2.17. The number of hydrogen-bond acceptors (Lipinski definition) is 3. The van der Waals surface area contributed by atoms with Crippen molar-refractivity contribution >= 4 is 17.6 Å². The Hall–Kier alpha value is -2.08. The predicted octanol–water partition coefficient (Wildman–Crippen LogP) is 2.74. The van der Waals surface area contributed by atoms with Crippen molar-refractivity contribution in [3.8, 4) is 0 Å². The summed E-state index contributed by atoms with van der Waals surface area (Å²) in [6.45, 7) is 0.271.